The number of hydrogen-bond donors (Lipinski definition) is 3. The summed E-state index contributed by atoms with van der Waals surface area (Å²) in [6, 6.07) is 13.3. The van der Waals surface area contributed by atoms with Crippen molar-refractivity contribution in [2.75, 3.05) is 42.9 Å². The summed E-state index contributed by atoms with van der Waals surface area (Å²) in [6.45, 7) is 3.35. The van der Waals surface area contributed by atoms with Crippen molar-refractivity contribution >= 4 is 51.0 Å². The van der Waals surface area contributed by atoms with Crippen LogP contribution in [0.3, 0.4) is 0 Å². The Morgan fingerprint density at radius 1 is 1.00 bits per heavy atom. The van der Waals surface area contributed by atoms with Crippen LogP contribution in [0.4, 0.5) is 24.5 Å². The van der Waals surface area contributed by atoms with Crippen molar-refractivity contribution in [3.8, 4) is 0 Å². The summed E-state index contributed by atoms with van der Waals surface area (Å²) in [5.41, 5.74) is 0.754. The first-order valence-electron chi connectivity index (χ1n) is 18.3. The molecule has 8 rings (SSSR count). The molecule has 0 bridgehead atoms. The average Bonchev–Trinajstić information content (AvgIpc) is 3.69. The molecule has 5 aromatic rings. The van der Waals surface area contributed by atoms with Crippen LogP contribution in [0.15, 0.2) is 65.6 Å². The van der Waals surface area contributed by atoms with Gasteiger partial charge in [0.05, 0.1) is 33.9 Å². The van der Waals surface area contributed by atoms with Crippen LogP contribution in [0.25, 0.3) is 21.9 Å². The number of amides is 3. The average molecular weight is 760 g/mol. The molecule has 1 unspecified atom stereocenters. The molecule has 2 aliphatic heterocycles. The molecule has 2 saturated heterocycles. The van der Waals surface area contributed by atoms with Gasteiger partial charge in [-0.2, -0.15) is 18.3 Å². The number of imidazole rings is 1. The second kappa shape index (κ2) is 13.9. The number of rotatable bonds is 7. The molecule has 3 amide bonds. The third-order valence-electron chi connectivity index (χ3n) is 11.1. The number of nitrogens with zero attached hydrogens (tertiary/aromatic N) is 7. The number of aromatic nitrogens is 5. The van der Waals surface area contributed by atoms with Crippen LogP contribution < -0.4 is 21.2 Å². The molecule has 3 N–H and O–H groups in total. The van der Waals surface area contributed by atoms with Crippen molar-refractivity contribution in [1.29, 1.82) is 0 Å². The molecule has 3 aliphatic rings. The molecule has 2 aromatic carbocycles. The molecule has 1 aliphatic carbocycles. The molecule has 3 aromatic heterocycles. The van der Waals surface area contributed by atoms with Crippen molar-refractivity contribution in [2.24, 2.45) is 7.05 Å². The minimum absolute atomic E-state index is 0.0662. The van der Waals surface area contributed by atoms with Gasteiger partial charge >= 0.3 is 11.9 Å². The lowest BCUT2D eigenvalue weighted by Crippen LogP contribution is -2.53. The lowest BCUT2D eigenvalue weighted by molar-refractivity contribution is -0.141. The molecule has 1 atom stereocenters. The Kier molecular flexibility index (Phi) is 9.23. The molecule has 0 spiro atoms. The largest absolute Gasteiger partial charge is 0.433 e. The number of carbonyl (C=O) groups excluding carboxylic acids is 3. The van der Waals surface area contributed by atoms with E-state index in [1.807, 2.05) is 29.1 Å². The fourth-order valence-corrected chi connectivity index (χ4v) is 8.25. The molecule has 0 radical (unpaired) electrons. The summed E-state index contributed by atoms with van der Waals surface area (Å²) in [7, 11) is 1.70. The Bertz CT molecular complexity index is 2370. The van der Waals surface area contributed by atoms with Gasteiger partial charge < -0.3 is 15.3 Å². The van der Waals surface area contributed by atoms with Gasteiger partial charge in [0.1, 0.15) is 17.4 Å². The van der Waals surface area contributed by atoms with E-state index in [2.05, 4.69) is 25.4 Å². The molecular weight excluding hydrogens is 719 g/mol. The molecule has 17 heteroatoms. The maximum absolute atomic E-state index is 13.4. The number of piperazine rings is 1. The number of hydrogen-bond acceptors (Lipinski definition) is 9. The van der Waals surface area contributed by atoms with Gasteiger partial charge in [-0.05, 0) is 74.6 Å². The normalized spacial score (nSPS) is 22.7. The zero-order chi connectivity index (χ0) is 38.6. The fraction of sp³-hybridized carbons (Fsp3) is 0.421. The molecular formula is C38H40F3N9O5. The Balaban J connectivity index is 0.875. The van der Waals surface area contributed by atoms with Gasteiger partial charge in [-0.15, -0.1) is 0 Å². The Morgan fingerprint density at radius 2 is 1.75 bits per heavy atom. The van der Waals surface area contributed by atoms with Crippen LogP contribution in [0.5, 0.6) is 0 Å². The zero-order valence-electron chi connectivity index (χ0n) is 30.1. The van der Waals surface area contributed by atoms with Gasteiger partial charge in [-0.3, -0.25) is 38.4 Å². The number of pyridine rings is 1. The molecule has 3 fully saturated rings. The second-order valence-electron chi connectivity index (χ2n) is 14.8. The van der Waals surface area contributed by atoms with E-state index < -0.39 is 35.3 Å². The van der Waals surface area contributed by atoms with E-state index in [1.165, 1.54) is 10.6 Å². The predicted octanol–water partition coefficient (Wildman–Crippen LogP) is 4.00. The molecule has 1 saturated carbocycles. The Hall–Kier alpha value is -5.55. The number of nitrogens with one attached hydrogen (secondary N) is 2. The van der Waals surface area contributed by atoms with Crippen molar-refractivity contribution < 1.29 is 32.7 Å². The zero-order valence-corrected chi connectivity index (χ0v) is 30.1. The van der Waals surface area contributed by atoms with E-state index in [0.29, 0.717) is 49.2 Å². The van der Waals surface area contributed by atoms with E-state index in [-0.39, 0.29) is 36.2 Å². The van der Waals surface area contributed by atoms with E-state index in [4.69, 9.17) is 5.10 Å². The summed E-state index contributed by atoms with van der Waals surface area (Å²) < 4.78 is 44.2. The number of carbonyl (C=O) groups is 3. The van der Waals surface area contributed by atoms with Gasteiger partial charge in [-0.1, -0.05) is 12.1 Å². The smallest absolute Gasteiger partial charge is 0.389 e. The van der Waals surface area contributed by atoms with Crippen LogP contribution in [0.1, 0.15) is 66.8 Å². The highest BCUT2D eigenvalue weighted by molar-refractivity contribution is 6.04. The maximum Gasteiger partial charge on any atom is 0.433 e. The number of alkyl halides is 3. The number of anilines is 2. The van der Waals surface area contributed by atoms with Gasteiger partial charge in [0.15, 0.2) is 0 Å². The summed E-state index contributed by atoms with van der Waals surface area (Å²) in [4.78, 5) is 58.5. The molecule has 288 valence electrons. The third-order valence-corrected chi connectivity index (χ3v) is 11.1. The minimum Gasteiger partial charge on any atom is -0.389 e. The summed E-state index contributed by atoms with van der Waals surface area (Å²) >= 11 is 0. The number of aliphatic hydroxyl groups is 1. The first-order chi connectivity index (χ1) is 26.3. The number of para-hydroxylation sites is 1. The van der Waals surface area contributed by atoms with Crippen LogP contribution in [0, 0.1) is 0 Å². The minimum atomic E-state index is -4.66. The van der Waals surface area contributed by atoms with E-state index >= 15 is 0 Å². The van der Waals surface area contributed by atoms with Crippen LogP contribution in [0.2, 0.25) is 0 Å². The number of aryl methyl sites for hydroxylation is 1. The summed E-state index contributed by atoms with van der Waals surface area (Å²) in [6.07, 6.45) is 0.292. The van der Waals surface area contributed by atoms with Gasteiger partial charge in [0, 0.05) is 63.5 Å². The second-order valence-corrected chi connectivity index (χ2v) is 14.8. The van der Waals surface area contributed by atoms with Gasteiger partial charge in [0.25, 0.3) is 5.91 Å². The molecule has 55 heavy (non-hydrogen) atoms. The highest BCUT2D eigenvalue weighted by Crippen LogP contribution is 2.37. The van der Waals surface area contributed by atoms with Gasteiger partial charge in [-0.25, -0.2) is 9.78 Å². The SMILES string of the molecule is Cn1c(=O)n(C2CCC(=O)NC2=O)c2cccc(N3CCN(CC4(O)CCC(n5cc6cc(NC(=O)c7cccc(C(F)(F)F)n7)ccc6n5)CC4)CC3)c21. The van der Waals surface area contributed by atoms with Gasteiger partial charge in [0.2, 0.25) is 11.8 Å². The van der Waals surface area contributed by atoms with Crippen molar-refractivity contribution in [1.82, 2.24) is 34.1 Å². The van der Waals surface area contributed by atoms with Crippen LogP contribution in [-0.4, -0.2) is 90.0 Å². The predicted molar refractivity (Wildman–Crippen MR) is 197 cm³/mol. The van der Waals surface area contributed by atoms with Crippen LogP contribution >= 0.6 is 0 Å². The number of imide groups is 1. The number of piperidine rings is 1. The molecule has 14 nitrogen and oxygen atoms in total. The number of halogens is 3. The topological polar surface area (TPSA) is 160 Å². The molecule has 5 heterocycles. The summed E-state index contributed by atoms with van der Waals surface area (Å²) in [5, 5.41) is 22.1. The standard InChI is InChI=1S/C38H40F3N9O5/c1-46-33-28(5-3-6-29(33)50(36(46)54)30-10-11-32(51)44-35(30)53)48-18-16-47(17-19-48)22-37(55)14-12-25(13-15-37)49-21-23-20-24(8-9-26(23)45-49)42-34(52)27-4-2-7-31(43-27)38(39,40)41/h2-9,20-21,25,30,55H,10-19,22H2,1H3,(H,42,52)(H,44,51,53). The highest BCUT2D eigenvalue weighted by atomic mass is 19.4. The quantitative estimate of drug-likeness (QED) is 0.209. The third kappa shape index (κ3) is 7.09. The lowest BCUT2D eigenvalue weighted by Gasteiger charge is -2.43. The van der Waals surface area contributed by atoms with E-state index in [9.17, 15) is 37.5 Å². The number of β-amino-alcohol motifs (C(OH)–C–C–N with tert-alkyl or cyclic N) is 1. The fourth-order valence-electron chi connectivity index (χ4n) is 8.25. The Morgan fingerprint density at radius 3 is 2.47 bits per heavy atom. The first-order valence-corrected chi connectivity index (χ1v) is 18.3. The van der Waals surface area contributed by atoms with Crippen molar-refractivity contribution in [3.63, 3.8) is 0 Å². The Labute approximate surface area is 312 Å². The first kappa shape index (κ1) is 36.4. The maximum atomic E-state index is 13.4. The van der Waals surface area contributed by atoms with Crippen molar-refractivity contribution in [3.05, 3.63) is 82.7 Å². The lowest BCUT2D eigenvalue weighted by atomic mass is 9.81. The van der Waals surface area contributed by atoms with E-state index in [0.717, 1.165) is 54.7 Å². The van der Waals surface area contributed by atoms with Crippen LogP contribution in [-0.2, 0) is 22.8 Å². The monoisotopic (exact) mass is 759 g/mol. The van der Waals surface area contributed by atoms with Crippen molar-refractivity contribution in [2.45, 2.75) is 62.4 Å². The summed E-state index contributed by atoms with van der Waals surface area (Å²) in [5.74, 6) is -1.55. The highest BCUT2D eigenvalue weighted by Gasteiger charge is 2.37. The van der Waals surface area contributed by atoms with E-state index in [1.54, 1.807) is 29.8 Å². The number of fused-ring (bicyclic) bond motifs is 2. The number of benzene rings is 2.